The molecule has 2 aliphatic rings. The number of aromatic amines is 1. The van der Waals surface area contributed by atoms with Crippen LogP contribution in [0, 0.1) is 5.82 Å². The number of fused-ring (bicyclic) bond motifs is 3. The summed E-state index contributed by atoms with van der Waals surface area (Å²) >= 11 is 5.83. The molecule has 1 fully saturated rings. The van der Waals surface area contributed by atoms with Crippen molar-refractivity contribution in [2.24, 2.45) is 0 Å². The molecule has 2 aromatic heterocycles. The molecule has 2 aliphatic heterocycles. The minimum atomic E-state index is -0.396. The van der Waals surface area contributed by atoms with E-state index in [-0.39, 0.29) is 5.56 Å². The van der Waals surface area contributed by atoms with Crippen LogP contribution in [0.5, 0.6) is 5.75 Å². The highest BCUT2D eigenvalue weighted by molar-refractivity contribution is 6.30. The number of nitrogens with one attached hydrogen (secondary N) is 2. The van der Waals surface area contributed by atoms with E-state index < -0.39 is 5.82 Å². The van der Waals surface area contributed by atoms with E-state index in [1.165, 1.54) is 12.3 Å². The largest absolute Gasteiger partial charge is 0.493 e. The van der Waals surface area contributed by atoms with Crippen LogP contribution in [-0.2, 0) is 13.0 Å². The second-order valence-electron chi connectivity index (χ2n) is 8.51. The number of hydrogen-bond donors (Lipinski definition) is 2. The highest BCUT2D eigenvalue weighted by Gasteiger charge is 2.23. The molecule has 1 aromatic carbocycles. The number of ether oxygens (including phenoxy) is 1. The molecule has 33 heavy (non-hydrogen) atoms. The summed E-state index contributed by atoms with van der Waals surface area (Å²) in [5.74, 6) is 0.740. The average Bonchev–Trinajstić information content (AvgIpc) is 2.80. The maximum Gasteiger partial charge on any atom is 0.253 e. The topological polar surface area (TPSA) is 73.5 Å². The number of halogens is 2. The zero-order valence-electron chi connectivity index (χ0n) is 18.6. The Kier molecular flexibility index (Phi) is 6.12. The lowest BCUT2D eigenvalue weighted by Crippen LogP contribution is -2.46. The van der Waals surface area contributed by atoms with E-state index in [1.54, 1.807) is 0 Å². The predicted molar refractivity (Wildman–Crippen MR) is 129 cm³/mol. The molecule has 4 heterocycles. The standard InChI is InChI=1S/C24H27ClFN5O2/c1-2-33-20-11-15(10-19-21(20)22-17(24(32)29-19)4-3-5-27-22)14-30-6-8-31(9-7-30)23-18(26)12-16(25)13-28-23/h10-13,27H,2-9,14H2,1H3,(H,29,32). The molecule has 0 unspecified atom stereocenters. The van der Waals surface area contributed by atoms with Gasteiger partial charge >= 0.3 is 0 Å². The lowest BCUT2D eigenvalue weighted by atomic mass is 9.99. The zero-order chi connectivity index (χ0) is 22.9. The Bertz CT molecular complexity index is 1240. The lowest BCUT2D eigenvalue weighted by molar-refractivity contribution is 0.248. The van der Waals surface area contributed by atoms with Crippen molar-refractivity contribution >= 4 is 34.0 Å². The summed E-state index contributed by atoms with van der Waals surface area (Å²) in [6, 6.07) is 5.42. The summed E-state index contributed by atoms with van der Waals surface area (Å²) in [4.78, 5) is 24.2. The Morgan fingerprint density at radius 3 is 2.79 bits per heavy atom. The second-order valence-corrected chi connectivity index (χ2v) is 8.95. The smallest absolute Gasteiger partial charge is 0.253 e. The number of anilines is 2. The molecule has 0 aliphatic carbocycles. The van der Waals surface area contributed by atoms with Crippen molar-refractivity contribution < 1.29 is 9.13 Å². The average molecular weight is 472 g/mol. The van der Waals surface area contributed by atoms with E-state index >= 15 is 0 Å². The van der Waals surface area contributed by atoms with Crippen molar-refractivity contribution in [3.05, 3.63) is 56.7 Å². The first-order valence-electron chi connectivity index (χ1n) is 11.4. The van der Waals surface area contributed by atoms with E-state index in [1.807, 2.05) is 17.9 Å². The quantitative estimate of drug-likeness (QED) is 0.589. The lowest BCUT2D eigenvalue weighted by Gasteiger charge is -2.35. The van der Waals surface area contributed by atoms with Gasteiger partial charge in [0.05, 0.1) is 28.2 Å². The number of nitrogens with zero attached hydrogens (tertiary/aromatic N) is 3. The molecule has 0 atom stereocenters. The summed E-state index contributed by atoms with van der Waals surface area (Å²) in [5.41, 5.74) is 3.54. The number of H-pyrrole nitrogens is 1. The molecular weight excluding hydrogens is 445 g/mol. The van der Waals surface area contributed by atoms with E-state index in [0.717, 1.165) is 65.9 Å². The zero-order valence-corrected chi connectivity index (χ0v) is 19.3. The van der Waals surface area contributed by atoms with Crippen LogP contribution in [0.1, 0.15) is 24.5 Å². The summed E-state index contributed by atoms with van der Waals surface area (Å²) in [6.45, 7) is 6.97. The Hall–Kier alpha value is -2.84. The van der Waals surface area contributed by atoms with Gasteiger partial charge < -0.3 is 19.9 Å². The van der Waals surface area contributed by atoms with Gasteiger partial charge in [-0.05, 0) is 43.5 Å². The van der Waals surface area contributed by atoms with Gasteiger partial charge in [-0.1, -0.05) is 11.6 Å². The molecule has 0 amide bonds. The van der Waals surface area contributed by atoms with Crippen LogP contribution < -0.4 is 20.5 Å². The van der Waals surface area contributed by atoms with Gasteiger partial charge in [0.25, 0.3) is 5.56 Å². The molecular formula is C24H27ClFN5O2. The van der Waals surface area contributed by atoms with Crippen LogP contribution in [0.2, 0.25) is 5.02 Å². The summed E-state index contributed by atoms with van der Waals surface area (Å²) < 4.78 is 20.2. The third-order valence-electron chi connectivity index (χ3n) is 6.31. The van der Waals surface area contributed by atoms with Crippen molar-refractivity contribution in [2.75, 3.05) is 49.5 Å². The number of aromatic nitrogens is 2. The first kappa shape index (κ1) is 22.0. The predicted octanol–water partition coefficient (Wildman–Crippen LogP) is 3.79. The van der Waals surface area contributed by atoms with Crippen LogP contribution in [-0.4, -0.2) is 54.2 Å². The minimum absolute atomic E-state index is 0.0320. The number of piperazine rings is 1. The van der Waals surface area contributed by atoms with E-state index in [4.69, 9.17) is 16.3 Å². The van der Waals surface area contributed by atoms with E-state index in [0.29, 0.717) is 37.1 Å². The normalized spacial score (nSPS) is 16.5. The molecule has 0 saturated carbocycles. The molecule has 174 valence electrons. The Morgan fingerprint density at radius 2 is 2.03 bits per heavy atom. The van der Waals surface area contributed by atoms with Crippen LogP contribution in [0.25, 0.3) is 10.9 Å². The maximum atomic E-state index is 14.2. The van der Waals surface area contributed by atoms with Gasteiger partial charge in [-0.25, -0.2) is 9.37 Å². The van der Waals surface area contributed by atoms with Crippen LogP contribution in [0.3, 0.4) is 0 Å². The van der Waals surface area contributed by atoms with Crippen LogP contribution >= 0.6 is 11.6 Å². The van der Waals surface area contributed by atoms with Gasteiger partial charge in [0.1, 0.15) is 5.75 Å². The van der Waals surface area contributed by atoms with Gasteiger partial charge in [0.2, 0.25) is 0 Å². The van der Waals surface area contributed by atoms with Crippen molar-refractivity contribution in [3.63, 3.8) is 0 Å². The molecule has 0 bridgehead atoms. The molecule has 0 spiro atoms. The number of rotatable bonds is 5. The number of benzene rings is 1. The van der Waals surface area contributed by atoms with Crippen molar-refractivity contribution in [1.82, 2.24) is 14.9 Å². The van der Waals surface area contributed by atoms with Gasteiger partial charge in [0.15, 0.2) is 11.6 Å². The monoisotopic (exact) mass is 471 g/mol. The second kappa shape index (κ2) is 9.19. The first-order chi connectivity index (χ1) is 16.0. The van der Waals surface area contributed by atoms with Crippen molar-refractivity contribution in [1.29, 1.82) is 0 Å². The fraction of sp³-hybridized carbons (Fsp3) is 0.417. The Labute approximate surface area is 196 Å². The summed E-state index contributed by atoms with van der Waals surface area (Å²) in [7, 11) is 0. The van der Waals surface area contributed by atoms with Crippen molar-refractivity contribution in [3.8, 4) is 5.75 Å². The van der Waals surface area contributed by atoms with Crippen LogP contribution in [0.15, 0.2) is 29.2 Å². The Balaban J connectivity index is 1.38. The molecule has 1 saturated heterocycles. The number of hydrogen-bond acceptors (Lipinski definition) is 6. The minimum Gasteiger partial charge on any atom is -0.493 e. The van der Waals surface area contributed by atoms with Gasteiger partial charge in [0, 0.05) is 51.0 Å². The third kappa shape index (κ3) is 4.37. The van der Waals surface area contributed by atoms with Gasteiger partial charge in [-0.3, -0.25) is 9.69 Å². The SMILES string of the molecule is CCOc1cc(CN2CCN(c3ncc(Cl)cc3F)CC2)cc2[nH]c(=O)c3c(c12)NCCC3. The summed E-state index contributed by atoms with van der Waals surface area (Å²) in [6.07, 6.45) is 3.20. The van der Waals surface area contributed by atoms with Gasteiger partial charge in [-0.2, -0.15) is 0 Å². The molecule has 9 heteroatoms. The van der Waals surface area contributed by atoms with Crippen LogP contribution in [0.4, 0.5) is 15.9 Å². The van der Waals surface area contributed by atoms with Gasteiger partial charge in [-0.15, -0.1) is 0 Å². The van der Waals surface area contributed by atoms with Crippen molar-refractivity contribution in [2.45, 2.75) is 26.3 Å². The molecule has 0 radical (unpaired) electrons. The van der Waals surface area contributed by atoms with E-state index in [9.17, 15) is 9.18 Å². The number of pyridine rings is 2. The highest BCUT2D eigenvalue weighted by Crippen LogP contribution is 2.36. The molecule has 7 nitrogen and oxygen atoms in total. The first-order valence-corrected chi connectivity index (χ1v) is 11.8. The Morgan fingerprint density at radius 1 is 1.21 bits per heavy atom. The molecule has 5 rings (SSSR count). The highest BCUT2D eigenvalue weighted by atomic mass is 35.5. The summed E-state index contributed by atoms with van der Waals surface area (Å²) in [5, 5.41) is 4.66. The third-order valence-corrected chi connectivity index (χ3v) is 6.51. The molecule has 2 N–H and O–H groups in total. The van der Waals surface area contributed by atoms with E-state index in [2.05, 4.69) is 26.3 Å². The fourth-order valence-electron chi connectivity index (χ4n) is 4.78. The maximum absolute atomic E-state index is 14.2. The molecule has 3 aromatic rings. The fourth-order valence-corrected chi connectivity index (χ4v) is 4.92.